The van der Waals surface area contributed by atoms with E-state index in [1.807, 2.05) is 12.1 Å². The number of hydrogen-bond acceptors (Lipinski definition) is 3. The van der Waals surface area contributed by atoms with E-state index < -0.39 is 0 Å². The Hall–Kier alpha value is -0.580. The van der Waals surface area contributed by atoms with Gasteiger partial charge in [-0.2, -0.15) is 0 Å². The molecule has 2 N–H and O–H groups in total. The average molecular weight is 231 g/mol. The van der Waals surface area contributed by atoms with E-state index >= 15 is 0 Å². The smallest absolute Gasteiger partial charge is 0.247 e. The van der Waals surface area contributed by atoms with Crippen LogP contribution in [0.4, 0.5) is 0 Å². The first-order valence-corrected chi connectivity index (χ1v) is 5.54. The number of hydrazine groups is 1. The van der Waals surface area contributed by atoms with Crippen molar-refractivity contribution in [1.82, 2.24) is 5.01 Å². The molecule has 0 radical (unpaired) electrons. The molecule has 0 unspecified atom stereocenters. The fraction of sp³-hybridized carbons (Fsp3) is 0.444. The molecule has 14 heavy (non-hydrogen) atoms. The van der Waals surface area contributed by atoms with Gasteiger partial charge in [-0.3, -0.25) is 9.80 Å². The van der Waals surface area contributed by atoms with E-state index in [0.717, 1.165) is 22.1 Å². The molecule has 0 spiro atoms. The SMILES string of the molecule is CN(N)C(=O)C1(c2ccc(Cl)s2)CC1. The predicted molar refractivity (Wildman–Crippen MR) is 57.2 cm³/mol. The molecule has 1 saturated carbocycles. The van der Waals surface area contributed by atoms with Crippen LogP contribution in [0.1, 0.15) is 17.7 Å². The zero-order chi connectivity index (χ0) is 10.3. The molecule has 76 valence electrons. The molecule has 1 heterocycles. The van der Waals surface area contributed by atoms with Crippen molar-refractivity contribution in [3.05, 3.63) is 21.3 Å². The lowest BCUT2D eigenvalue weighted by molar-refractivity contribution is -0.132. The van der Waals surface area contributed by atoms with Gasteiger partial charge in [0, 0.05) is 11.9 Å². The summed E-state index contributed by atoms with van der Waals surface area (Å²) < 4.78 is 0.721. The number of likely N-dealkylation sites (N-methyl/N-ethyl adjacent to an activating group) is 1. The lowest BCUT2D eigenvalue weighted by Gasteiger charge is -2.17. The number of hydrogen-bond donors (Lipinski definition) is 1. The van der Waals surface area contributed by atoms with Gasteiger partial charge in [-0.1, -0.05) is 11.6 Å². The van der Waals surface area contributed by atoms with Crippen molar-refractivity contribution in [2.45, 2.75) is 18.3 Å². The van der Waals surface area contributed by atoms with Crippen molar-refractivity contribution in [2.24, 2.45) is 5.84 Å². The maximum atomic E-state index is 11.8. The van der Waals surface area contributed by atoms with Crippen molar-refractivity contribution >= 4 is 28.8 Å². The first kappa shape index (κ1) is 9.96. The summed E-state index contributed by atoms with van der Waals surface area (Å²) in [5.74, 6) is 5.44. The topological polar surface area (TPSA) is 46.3 Å². The van der Waals surface area contributed by atoms with Crippen molar-refractivity contribution in [3.63, 3.8) is 0 Å². The van der Waals surface area contributed by atoms with Gasteiger partial charge in [0.25, 0.3) is 0 Å². The molecular formula is C9H11ClN2OS. The molecule has 1 aromatic rings. The van der Waals surface area contributed by atoms with Gasteiger partial charge < -0.3 is 0 Å². The second kappa shape index (κ2) is 3.22. The lowest BCUT2D eigenvalue weighted by Crippen LogP contribution is -2.40. The van der Waals surface area contributed by atoms with Crippen LogP contribution < -0.4 is 5.84 Å². The number of nitrogens with zero attached hydrogens (tertiary/aromatic N) is 1. The Bertz CT molecular complexity index is 371. The van der Waals surface area contributed by atoms with E-state index in [1.165, 1.54) is 16.3 Å². The largest absolute Gasteiger partial charge is 0.283 e. The summed E-state index contributed by atoms with van der Waals surface area (Å²) >= 11 is 7.31. The van der Waals surface area contributed by atoms with Gasteiger partial charge in [0.05, 0.1) is 9.75 Å². The standard InChI is InChI=1S/C9H11ClN2OS/c1-12(11)8(13)9(4-5-9)6-2-3-7(10)14-6/h2-3H,4-5,11H2,1H3. The van der Waals surface area contributed by atoms with Crippen LogP contribution in [0.5, 0.6) is 0 Å². The molecule has 3 nitrogen and oxygen atoms in total. The number of carbonyl (C=O) groups is 1. The third-order valence-electron chi connectivity index (χ3n) is 2.52. The van der Waals surface area contributed by atoms with Crippen molar-refractivity contribution in [2.75, 3.05) is 7.05 Å². The second-order valence-electron chi connectivity index (χ2n) is 3.60. The number of amides is 1. The number of carbonyl (C=O) groups excluding carboxylic acids is 1. The highest BCUT2D eigenvalue weighted by Gasteiger charge is 2.53. The van der Waals surface area contributed by atoms with Crippen LogP contribution in [0.25, 0.3) is 0 Å². The fourth-order valence-electron chi connectivity index (χ4n) is 1.60. The van der Waals surface area contributed by atoms with E-state index in [9.17, 15) is 4.79 Å². The Morgan fingerprint density at radius 2 is 2.29 bits per heavy atom. The minimum Gasteiger partial charge on any atom is -0.283 e. The Kier molecular flexibility index (Phi) is 2.29. The maximum Gasteiger partial charge on any atom is 0.247 e. The van der Waals surface area contributed by atoms with Gasteiger partial charge in [-0.25, -0.2) is 5.84 Å². The summed E-state index contributed by atoms with van der Waals surface area (Å²) in [4.78, 5) is 12.8. The molecule has 5 heteroatoms. The van der Waals surface area contributed by atoms with E-state index in [2.05, 4.69) is 0 Å². The maximum absolute atomic E-state index is 11.8. The monoisotopic (exact) mass is 230 g/mol. The van der Waals surface area contributed by atoms with E-state index in [1.54, 1.807) is 7.05 Å². The van der Waals surface area contributed by atoms with Crippen molar-refractivity contribution in [1.29, 1.82) is 0 Å². The fourth-order valence-corrected chi connectivity index (χ4v) is 2.88. The zero-order valence-corrected chi connectivity index (χ0v) is 9.36. The number of thiophene rings is 1. The third kappa shape index (κ3) is 1.43. The first-order valence-electron chi connectivity index (χ1n) is 4.35. The van der Waals surface area contributed by atoms with Gasteiger partial charge in [-0.15, -0.1) is 11.3 Å². The molecule has 1 amide bonds. The van der Waals surface area contributed by atoms with Gasteiger partial charge in [-0.05, 0) is 25.0 Å². The normalized spacial score (nSPS) is 17.9. The molecular weight excluding hydrogens is 220 g/mol. The third-order valence-corrected chi connectivity index (χ3v) is 3.96. The summed E-state index contributed by atoms with van der Waals surface area (Å²) in [6.07, 6.45) is 1.76. The van der Waals surface area contributed by atoms with Crippen LogP contribution in [-0.4, -0.2) is 18.0 Å². The molecule has 1 aromatic heterocycles. The minimum absolute atomic E-state index is 0.0176. The van der Waals surface area contributed by atoms with Crippen LogP contribution >= 0.6 is 22.9 Å². The lowest BCUT2D eigenvalue weighted by atomic mass is 10.0. The Morgan fingerprint density at radius 3 is 2.64 bits per heavy atom. The highest BCUT2D eigenvalue weighted by Crippen LogP contribution is 2.51. The molecule has 1 aliphatic carbocycles. The van der Waals surface area contributed by atoms with E-state index in [-0.39, 0.29) is 11.3 Å². The predicted octanol–water partition coefficient (Wildman–Crippen LogP) is 1.77. The minimum atomic E-state index is -0.360. The van der Waals surface area contributed by atoms with Crippen LogP contribution in [0.2, 0.25) is 4.34 Å². The number of rotatable bonds is 2. The summed E-state index contributed by atoms with van der Waals surface area (Å²) in [6.45, 7) is 0. The molecule has 0 atom stereocenters. The summed E-state index contributed by atoms with van der Waals surface area (Å²) in [6, 6.07) is 3.74. The first-order chi connectivity index (χ1) is 6.56. The van der Waals surface area contributed by atoms with Crippen LogP contribution in [-0.2, 0) is 10.2 Å². The van der Waals surface area contributed by atoms with Gasteiger partial charge in [0.1, 0.15) is 0 Å². The van der Waals surface area contributed by atoms with Gasteiger partial charge in [0.15, 0.2) is 0 Å². The van der Waals surface area contributed by atoms with E-state index in [4.69, 9.17) is 17.4 Å². The number of halogens is 1. The summed E-state index contributed by atoms with van der Waals surface area (Å²) in [5.41, 5.74) is -0.360. The molecule has 0 aliphatic heterocycles. The Morgan fingerprint density at radius 1 is 1.64 bits per heavy atom. The zero-order valence-electron chi connectivity index (χ0n) is 7.79. The molecule has 1 aliphatic rings. The van der Waals surface area contributed by atoms with Gasteiger partial charge >= 0.3 is 0 Å². The molecule has 0 aromatic carbocycles. The van der Waals surface area contributed by atoms with Crippen LogP contribution in [0.3, 0.4) is 0 Å². The molecule has 0 saturated heterocycles. The van der Waals surface area contributed by atoms with Crippen LogP contribution in [0, 0.1) is 0 Å². The highest BCUT2D eigenvalue weighted by molar-refractivity contribution is 7.16. The highest BCUT2D eigenvalue weighted by atomic mass is 35.5. The van der Waals surface area contributed by atoms with Crippen LogP contribution in [0.15, 0.2) is 12.1 Å². The Balaban J connectivity index is 2.29. The van der Waals surface area contributed by atoms with E-state index in [0.29, 0.717) is 0 Å². The molecule has 1 fully saturated rings. The van der Waals surface area contributed by atoms with Crippen molar-refractivity contribution < 1.29 is 4.79 Å². The summed E-state index contributed by atoms with van der Waals surface area (Å²) in [7, 11) is 1.58. The molecule has 2 rings (SSSR count). The molecule has 0 bridgehead atoms. The summed E-state index contributed by atoms with van der Waals surface area (Å²) in [5, 5.41) is 1.17. The average Bonchev–Trinajstić information content (AvgIpc) is 2.83. The Labute approximate surface area is 91.4 Å². The second-order valence-corrected chi connectivity index (χ2v) is 5.32. The number of nitrogens with two attached hydrogens (primary N) is 1. The van der Waals surface area contributed by atoms with Crippen molar-refractivity contribution in [3.8, 4) is 0 Å². The van der Waals surface area contributed by atoms with Gasteiger partial charge in [0.2, 0.25) is 5.91 Å². The quantitative estimate of drug-likeness (QED) is 0.478.